The fraction of sp³-hybridized carbons (Fsp3) is 0.792. The number of carbonyl (C=O) groups excluding carboxylic acids is 1. The lowest BCUT2D eigenvalue weighted by molar-refractivity contribution is -0.975. The molecule has 3 atom stereocenters. The van der Waals surface area contributed by atoms with Gasteiger partial charge in [-0.1, -0.05) is 52.7 Å². The van der Waals surface area contributed by atoms with Crippen LogP contribution in [0.1, 0.15) is 98.3 Å². The number of unbranched alkanes of at least 4 members (excludes halogenated alkanes) is 3. The highest BCUT2D eigenvalue weighted by molar-refractivity contribution is 5.77. The largest absolute Gasteiger partial charge is 0.544 e. The highest BCUT2D eigenvalue weighted by Gasteiger charge is 2.54. The molecule has 0 aliphatic carbocycles. The summed E-state index contributed by atoms with van der Waals surface area (Å²) >= 11 is 0. The monoisotopic (exact) mass is 441 g/mol. The van der Waals surface area contributed by atoms with Crippen LogP contribution >= 0.6 is 0 Å². The van der Waals surface area contributed by atoms with Crippen molar-refractivity contribution < 1.29 is 34.2 Å². The molecule has 0 spiro atoms. The Balaban J connectivity index is 6.35. The van der Waals surface area contributed by atoms with Crippen LogP contribution in [-0.4, -0.2) is 57.3 Å². The Morgan fingerprint density at radius 3 is 1.58 bits per heavy atom. The Hall–Kier alpha value is -1.89. The summed E-state index contributed by atoms with van der Waals surface area (Å²) in [5.74, 6) is -3.61. The van der Waals surface area contributed by atoms with Gasteiger partial charge in [0.15, 0.2) is 12.1 Å². The molecule has 3 unspecified atom stereocenters. The fourth-order valence-electron chi connectivity index (χ4n) is 4.68. The van der Waals surface area contributed by atoms with E-state index in [0.29, 0.717) is 25.7 Å². The zero-order valence-corrected chi connectivity index (χ0v) is 19.8. The highest BCUT2D eigenvalue weighted by atomic mass is 16.4. The predicted octanol–water partition coefficient (Wildman–Crippen LogP) is 3.76. The Kier molecular flexibility index (Phi) is 14.9. The normalized spacial score (nSPS) is 16.5. The third-order valence-electron chi connectivity index (χ3n) is 6.06. The van der Waals surface area contributed by atoms with Crippen molar-refractivity contribution in [3.63, 3.8) is 0 Å². The van der Waals surface area contributed by atoms with Crippen LogP contribution in [0.4, 0.5) is 0 Å². The Morgan fingerprint density at radius 1 is 0.742 bits per heavy atom. The molecular weight excluding hydrogens is 398 g/mol. The Bertz CT molecular complexity index is 515. The molecule has 0 amide bonds. The summed E-state index contributed by atoms with van der Waals surface area (Å²) in [6, 6.07) is -3.36. The summed E-state index contributed by atoms with van der Waals surface area (Å²) < 4.78 is -0.457. The number of rotatable bonds is 19. The van der Waals surface area contributed by atoms with Crippen molar-refractivity contribution in [3.8, 4) is 0 Å². The fourth-order valence-corrected chi connectivity index (χ4v) is 4.68. The average molecular weight is 442 g/mol. The first-order valence-corrected chi connectivity index (χ1v) is 11.9. The van der Waals surface area contributed by atoms with Crippen molar-refractivity contribution in [2.24, 2.45) is 0 Å². The molecule has 0 aromatic carbocycles. The number of hydrogen-bond donors (Lipinski definition) is 2. The molecule has 0 aromatic heterocycles. The number of carbonyl (C=O) groups is 3. The summed E-state index contributed by atoms with van der Waals surface area (Å²) in [5.41, 5.74) is 0. The van der Waals surface area contributed by atoms with Crippen LogP contribution < -0.4 is 5.11 Å². The van der Waals surface area contributed by atoms with Crippen molar-refractivity contribution in [1.29, 1.82) is 0 Å². The second kappa shape index (κ2) is 15.8. The second-order valence-corrected chi connectivity index (χ2v) is 8.38. The Labute approximate surface area is 187 Å². The summed E-state index contributed by atoms with van der Waals surface area (Å²) in [7, 11) is 0. The van der Waals surface area contributed by atoms with Gasteiger partial charge in [0, 0.05) is 19.3 Å². The number of allylic oxidation sites excluding steroid dienone is 2. The smallest absolute Gasteiger partial charge is 0.362 e. The topological polar surface area (TPSA) is 115 Å². The van der Waals surface area contributed by atoms with Gasteiger partial charge < -0.3 is 20.1 Å². The van der Waals surface area contributed by atoms with Gasteiger partial charge in [-0.3, -0.25) is 4.48 Å². The van der Waals surface area contributed by atoms with E-state index in [-0.39, 0.29) is 25.8 Å². The lowest BCUT2D eigenvalue weighted by atomic mass is 9.91. The van der Waals surface area contributed by atoms with E-state index in [1.54, 1.807) is 0 Å². The van der Waals surface area contributed by atoms with Crippen LogP contribution in [0, 0.1) is 0 Å². The zero-order chi connectivity index (χ0) is 23.9. The molecule has 31 heavy (non-hydrogen) atoms. The number of carboxylic acid groups (broad SMARTS) is 3. The first-order valence-electron chi connectivity index (χ1n) is 11.9. The van der Waals surface area contributed by atoms with Gasteiger partial charge >= 0.3 is 11.9 Å². The third kappa shape index (κ3) is 8.63. The molecule has 7 heteroatoms. The average Bonchev–Trinajstić information content (AvgIpc) is 2.71. The molecule has 180 valence electrons. The molecule has 2 N–H and O–H groups in total. The van der Waals surface area contributed by atoms with Crippen LogP contribution in [0.5, 0.6) is 0 Å². The maximum Gasteiger partial charge on any atom is 0.362 e. The molecule has 0 radical (unpaired) electrons. The zero-order valence-electron chi connectivity index (χ0n) is 19.8. The van der Waals surface area contributed by atoms with Crippen molar-refractivity contribution in [2.45, 2.75) is 116 Å². The predicted molar refractivity (Wildman–Crippen MR) is 119 cm³/mol. The number of hydrogen-bond acceptors (Lipinski definition) is 4. The number of nitrogens with zero attached hydrogens (tertiary/aromatic N) is 1. The molecule has 0 saturated carbocycles. The van der Waals surface area contributed by atoms with Gasteiger partial charge in [0.1, 0.15) is 6.04 Å². The third-order valence-corrected chi connectivity index (χ3v) is 6.06. The van der Waals surface area contributed by atoms with Gasteiger partial charge in [-0.05, 0) is 38.5 Å². The molecule has 0 aliphatic rings. The van der Waals surface area contributed by atoms with Crippen molar-refractivity contribution in [1.82, 2.24) is 0 Å². The highest BCUT2D eigenvalue weighted by Crippen LogP contribution is 2.34. The van der Waals surface area contributed by atoms with Crippen LogP contribution in [0.3, 0.4) is 0 Å². The van der Waals surface area contributed by atoms with E-state index in [0.717, 1.165) is 25.7 Å². The van der Waals surface area contributed by atoms with E-state index in [2.05, 4.69) is 19.1 Å². The summed E-state index contributed by atoms with van der Waals surface area (Å²) in [4.78, 5) is 37.0. The number of carboxylic acids is 3. The Morgan fingerprint density at radius 2 is 1.19 bits per heavy atom. The van der Waals surface area contributed by atoms with Gasteiger partial charge in [0.05, 0.1) is 12.5 Å². The first kappa shape index (κ1) is 29.1. The quantitative estimate of drug-likeness (QED) is 0.179. The molecule has 0 bridgehead atoms. The molecule has 0 aromatic rings. The summed E-state index contributed by atoms with van der Waals surface area (Å²) in [5, 5.41) is 32.5. The standard InChI is InChI=1S/C24H43NO6/c1-5-9-10-11-12-13-14-18-25(19(15-6-2)22(26)27,20(16-7-3)23(28)29)21(17-8-4)24(30)31/h10-11,19-21H,5-9,12-18H2,1-4H3,(H2-,26,27,28,29,30,31)/b11-10+. The number of quaternary nitrogens is 1. The van der Waals surface area contributed by atoms with E-state index in [1.807, 2.05) is 20.8 Å². The summed E-state index contributed by atoms with van der Waals surface area (Å²) in [6.45, 7) is 7.81. The van der Waals surface area contributed by atoms with E-state index in [9.17, 15) is 29.7 Å². The van der Waals surface area contributed by atoms with Crippen LogP contribution in [0.2, 0.25) is 0 Å². The van der Waals surface area contributed by atoms with Gasteiger partial charge in [-0.25, -0.2) is 9.59 Å². The molecule has 0 rings (SSSR count). The van der Waals surface area contributed by atoms with E-state index < -0.39 is 40.5 Å². The minimum Gasteiger partial charge on any atom is -0.544 e. The maximum absolute atomic E-state index is 12.4. The van der Waals surface area contributed by atoms with E-state index >= 15 is 0 Å². The first-order chi connectivity index (χ1) is 14.7. The minimum atomic E-state index is -1.35. The van der Waals surface area contributed by atoms with Crippen LogP contribution in [-0.2, 0) is 14.4 Å². The number of aliphatic carboxylic acids is 3. The van der Waals surface area contributed by atoms with Gasteiger partial charge in [0.2, 0.25) is 0 Å². The molecule has 0 saturated heterocycles. The lowest BCUT2D eigenvalue weighted by Crippen LogP contribution is -2.74. The van der Waals surface area contributed by atoms with Crippen molar-refractivity contribution >= 4 is 17.9 Å². The SMILES string of the molecule is CCC/C=C/CCCC[N+](C(CCC)C(=O)[O-])(C(CCC)C(=O)O)C(CCC)C(=O)O. The second-order valence-electron chi connectivity index (χ2n) is 8.38. The van der Waals surface area contributed by atoms with Gasteiger partial charge in [-0.2, -0.15) is 0 Å². The molecule has 7 nitrogen and oxygen atoms in total. The van der Waals surface area contributed by atoms with Gasteiger partial charge in [-0.15, -0.1) is 0 Å². The molecule has 0 aliphatic heterocycles. The van der Waals surface area contributed by atoms with Crippen LogP contribution in [0.25, 0.3) is 0 Å². The van der Waals surface area contributed by atoms with E-state index in [1.165, 1.54) is 0 Å². The van der Waals surface area contributed by atoms with Gasteiger partial charge in [0.25, 0.3) is 0 Å². The summed E-state index contributed by atoms with van der Waals surface area (Å²) in [6.07, 6.45) is 10.6. The molecule has 0 heterocycles. The lowest BCUT2D eigenvalue weighted by Gasteiger charge is -2.52. The van der Waals surface area contributed by atoms with E-state index in [4.69, 9.17) is 0 Å². The molecule has 0 fully saturated rings. The molecular formula is C24H43NO6. The van der Waals surface area contributed by atoms with Crippen molar-refractivity contribution in [2.75, 3.05) is 6.54 Å². The maximum atomic E-state index is 12.4. The van der Waals surface area contributed by atoms with Crippen LogP contribution in [0.15, 0.2) is 12.2 Å². The minimum absolute atomic E-state index is 0.194. The van der Waals surface area contributed by atoms with Crippen molar-refractivity contribution in [3.05, 3.63) is 12.2 Å².